The summed E-state index contributed by atoms with van der Waals surface area (Å²) in [7, 11) is 0. The highest BCUT2D eigenvalue weighted by atomic mass is 35.5. The molecule has 2 heterocycles. The number of Topliss-reactive ketones (excluding diaryl/α,β-unsaturated/α-hetero) is 1. The number of nitrogens with one attached hydrogen (secondary N) is 3. The Morgan fingerprint density at radius 3 is 2.47 bits per heavy atom. The number of likely N-dealkylation sites (tertiary alicyclic amines) is 1. The number of benzene rings is 1. The third-order valence-electron chi connectivity index (χ3n) is 8.78. The van der Waals surface area contributed by atoms with Crippen LogP contribution in [-0.2, 0) is 28.8 Å². The topological polar surface area (TPSA) is 146 Å². The molecule has 13 heteroatoms. The average molecular weight is 646 g/mol. The zero-order valence-corrected chi connectivity index (χ0v) is 26.8. The number of rotatable bonds is 11. The molecule has 4 aliphatic rings. The Morgan fingerprint density at radius 1 is 1.16 bits per heavy atom. The number of alkyl halides is 1. The summed E-state index contributed by atoms with van der Waals surface area (Å²) < 4.78 is 13.7. The van der Waals surface area contributed by atoms with E-state index in [0.29, 0.717) is 17.2 Å². The molecular weight excluding hydrogens is 605 g/mol. The van der Waals surface area contributed by atoms with Gasteiger partial charge < -0.3 is 25.7 Å². The minimum Gasteiger partial charge on any atom is -0.387 e. The van der Waals surface area contributed by atoms with Crippen LogP contribution < -0.4 is 16.0 Å². The summed E-state index contributed by atoms with van der Waals surface area (Å²) in [6.45, 7) is 7.14. The van der Waals surface area contributed by atoms with E-state index < -0.39 is 70.6 Å². The Morgan fingerprint density at radius 2 is 1.87 bits per heavy atom. The molecule has 3 N–H and O–H groups in total. The zero-order chi connectivity index (χ0) is 32.7. The van der Waals surface area contributed by atoms with E-state index in [1.807, 2.05) is 13.0 Å². The van der Waals surface area contributed by atoms with E-state index >= 15 is 0 Å². The van der Waals surface area contributed by atoms with Gasteiger partial charge in [0.25, 0.3) is 5.91 Å². The van der Waals surface area contributed by atoms with Crippen molar-refractivity contribution in [2.45, 2.75) is 109 Å². The fourth-order valence-corrected chi connectivity index (χ4v) is 6.11. The molecule has 1 aromatic rings. The van der Waals surface area contributed by atoms with Crippen LogP contribution in [0, 0.1) is 11.3 Å². The van der Waals surface area contributed by atoms with E-state index in [9.17, 15) is 28.4 Å². The molecule has 244 valence electrons. The molecule has 2 aliphatic heterocycles. The molecule has 2 saturated carbocycles. The van der Waals surface area contributed by atoms with Gasteiger partial charge in [-0.15, -0.1) is 0 Å². The van der Waals surface area contributed by atoms with Crippen LogP contribution in [0.15, 0.2) is 29.4 Å². The van der Waals surface area contributed by atoms with Crippen LogP contribution in [0.25, 0.3) is 0 Å². The summed E-state index contributed by atoms with van der Waals surface area (Å²) in [6.07, 6.45) is 1.57. The van der Waals surface area contributed by atoms with Crippen LogP contribution in [-0.4, -0.2) is 82.5 Å². The van der Waals surface area contributed by atoms with Gasteiger partial charge in [0.1, 0.15) is 18.3 Å². The third-order valence-corrected chi connectivity index (χ3v) is 9.01. The fourth-order valence-electron chi connectivity index (χ4n) is 5.92. The first-order chi connectivity index (χ1) is 21.2. The minimum atomic E-state index is -1.24. The molecule has 4 amide bonds. The molecule has 0 aromatic heterocycles. The summed E-state index contributed by atoms with van der Waals surface area (Å²) in [6, 6.07) is 3.84. The molecule has 0 radical (unpaired) electrons. The van der Waals surface area contributed by atoms with Crippen LogP contribution in [0.4, 0.5) is 4.39 Å². The van der Waals surface area contributed by atoms with Crippen molar-refractivity contribution in [1.29, 1.82) is 0 Å². The number of halogens is 2. The predicted octanol–water partition coefficient (Wildman–Crippen LogP) is 2.83. The van der Waals surface area contributed by atoms with E-state index in [4.69, 9.17) is 16.4 Å². The van der Waals surface area contributed by atoms with Crippen molar-refractivity contribution >= 4 is 46.7 Å². The Labute approximate surface area is 267 Å². The second kappa shape index (κ2) is 12.7. The van der Waals surface area contributed by atoms with Gasteiger partial charge in [-0.25, -0.2) is 4.39 Å². The minimum absolute atomic E-state index is 0.0241. The largest absolute Gasteiger partial charge is 0.387 e. The van der Waals surface area contributed by atoms with Crippen LogP contribution in [0.5, 0.6) is 0 Å². The van der Waals surface area contributed by atoms with Crippen LogP contribution >= 0.6 is 11.6 Å². The Balaban J connectivity index is 1.40. The molecule has 45 heavy (non-hydrogen) atoms. The highest BCUT2D eigenvalue weighted by Gasteiger charge is 2.56. The lowest BCUT2D eigenvalue weighted by Crippen LogP contribution is -2.59. The smallest absolute Gasteiger partial charge is 0.289 e. The standard InChI is InChI=1S/C32H41ClFN5O6/c1-5-7-22(25(40)29(43)35-19-10-11-19)36-28(42)24-15-32(14-23(38-45-32)17-8-6-9-18(33)12-17)16-39(24)30(44)26(31(2,3)4)37-27(41)20-13-21(20)34/h6,8-9,12,19-22,24,26H,5,7,10-11,13-16H2,1-4H3,(H,35,43)(H,36,42)(H,37,41)/t20?,21?,22-,24-,26+,32+/m0/s1. The number of carbonyl (C=O) groups excluding carboxylic acids is 5. The van der Waals surface area contributed by atoms with Gasteiger partial charge in [0, 0.05) is 29.5 Å². The maximum Gasteiger partial charge on any atom is 0.289 e. The van der Waals surface area contributed by atoms with E-state index in [1.54, 1.807) is 39.0 Å². The molecule has 11 nitrogen and oxygen atoms in total. The molecule has 3 fully saturated rings. The highest BCUT2D eigenvalue weighted by Crippen LogP contribution is 2.41. The van der Waals surface area contributed by atoms with Gasteiger partial charge in [-0.1, -0.05) is 63.0 Å². The normalized spacial score (nSPS) is 26.8. The number of nitrogens with zero attached hydrogens (tertiary/aromatic N) is 2. The van der Waals surface area contributed by atoms with Crippen molar-refractivity contribution in [2.75, 3.05) is 6.54 Å². The first-order valence-corrected chi connectivity index (χ1v) is 16.0. The number of carbonyl (C=O) groups is 5. The maximum absolute atomic E-state index is 14.3. The summed E-state index contributed by atoms with van der Waals surface area (Å²) in [5.41, 5.74) is -0.503. The Hall–Kier alpha value is -3.54. The lowest BCUT2D eigenvalue weighted by molar-refractivity contribution is -0.145. The molecule has 1 aromatic carbocycles. The molecule has 1 saturated heterocycles. The third kappa shape index (κ3) is 7.48. The number of amides is 4. The van der Waals surface area contributed by atoms with Crippen molar-refractivity contribution in [1.82, 2.24) is 20.9 Å². The second-order valence-corrected chi connectivity index (χ2v) is 14.2. The van der Waals surface area contributed by atoms with Crippen LogP contribution in [0.2, 0.25) is 5.02 Å². The molecule has 2 unspecified atom stereocenters. The fraction of sp³-hybridized carbons (Fsp3) is 0.625. The second-order valence-electron chi connectivity index (χ2n) is 13.8. The van der Waals surface area contributed by atoms with E-state index in [0.717, 1.165) is 18.4 Å². The van der Waals surface area contributed by atoms with E-state index in [-0.39, 0.29) is 38.3 Å². The zero-order valence-electron chi connectivity index (χ0n) is 26.0. The predicted molar refractivity (Wildman–Crippen MR) is 164 cm³/mol. The number of hydrogen-bond donors (Lipinski definition) is 3. The van der Waals surface area contributed by atoms with Crippen LogP contribution in [0.3, 0.4) is 0 Å². The first kappa shape index (κ1) is 32.8. The lowest BCUT2D eigenvalue weighted by Gasteiger charge is -2.35. The van der Waals surface area contributed by atoms with Gasteiger partial charge in [-0.3, -0.25) is 24.0 Å². The van der Waals surface area contributed by atoms with Gasteiger partial charge in [-0.05, 0) is 43.2 Å². The number of ketones is 1. The maximum atomic E-state index is 14.3. The van der Waals surface area contributed by atoms with Gasteiger partial charge in [0.05, 0.1) is 24.2 Å². The molecule has 1 spiro atoms. The van der Waals surface area contributed by atoms with Crippen molar-refractivity contribution in [3.8, 4) is 0 Å². The van der Waals surface area contributed by atoms with Crippen molar-refractivity contribution in [3.63, 3.8) is 0 Å². The summed E-state index contributed by atoms with van der Waals surface area (Å²) >= 11 is 6.20. The van der Waals surface area contributed by atoms with Gasteiger partial charge in [0.2, 0.25) is 23.5 Å². The molecule has 6 atom stereocenters. The van der Waals surface area contributed by atoms with E-state index in [1.165, 1.54) is 4.90 Å². The van der Waals surface area contributed by atoms with Crippen molar-refractivity contribution < 1.29 is 33.2 Å². The van der Waals surface area contributed by atoms with Crippen molar-refractivity contribution in [2.24, 2.45) is 16.5 Å². The quantitative estimate of drug-likeness (QED) is 0.316. The SMILES string of the molecule is CCC[C@H](NC(=O)[C@@H]1C[C@]2(CC(c3cccc(Cl)c3)=NO2)CN1C(=O)[C@@H](NC(=O)C1CC1F)C(C)(C)C)C(=O)C(=O)NC1CC1. The monoisotopic (exact) mass is 645 g/mol. The Kier molecular flexibility index (Phi) is 9.26. The number of hydrogen-bond acceptors (Lipinski definition) is 7. The Bertz CT molecular complexity index is 1410. The molecule has 0 bridgehead atoms. The number of oxime groups is 1. The average Bonchev–Trinajstić information content (AvgIpc) is 3.87. The summed E-state index contributed by atoms with van der Waals surface area (Å²) in [5.74, 6) is -3.99. The van der Waals surface area contributed by atoms with Gasteiger partial charge >= 0.3 is 0 Å². The van der Waals surface area contributed by atoms with Crippen LogP contribution in [0.1, 0.15) is 78.2 Å². The van der Waals surface area contributed by atoms with Crippen molar-refractivity contribution in [3.05, 3.63) is 34.9 Å². The molecular formula is C32H41ClFN5O6. The molecule has 2 aliphatic carbocycles. The lowest BCUT2D eigenvalue weighted by atomic mass is 9.85. The first-order valence-electron chi connectivity index (χ1n) is 15.6. The van der Waals surface area contributed by atoms with E-state index in [2.05, 4.69) is 21.1 Å². The van der Waals surface area contributed by atoms with Gasteiger partial charge in [0.15, 0.2) is 5.60 Å². The molecule has 5 rings (SSSR count). The highest BCUT2D eigenvalue weighted by molar-refractivity contribution is 6.38. The van der Waals surface area contributed by atoms with Gasteiger partial charge in [-0.2, -0.15) is 0 Å². The summed E-state index contributed by atoms with van der Waals surface area (Å²) in [5, 5.41) is 13.0. The summed E-state index contributed by atoms with van der Waals surface area (Å²) in [4.78, 5) is 74.0.